The van der Waals surface area contributed by atoms with Crippen molar-refractivity contribution in [1.82, 2.24) is 25.0 Å². The average molecular weight is 367 g/mol. The fraction of sp³-hybridized carbons (Fsp3) is 0.571. The number of fused-ring (bicyclic) bond motifs is 1. The van der Waals surface area contributed by atoms with Crippen molar-refractivity contribution >= 4 is 5.91 Å². The summed E-state index contributed by atoms with van der Waals surface area (Å²) in [4.78, 5) is 14.6. The zero-order valence-corrected chi connectivity index (χ0v) is 15.9. The molecular formula is C21H29N5O. The molecule has 1 fully saturated rings. The molecule has 6 nitrogen and oxygen atoms in total. The summed E-state index contributed by atoms with van der Waals surface area (Å²) >= 11 is 0. The number of piperidine rings is 1. The molecule has 0 radical (unpaired) electrons. The number of benzene rings is 1. The van der Waals surface area contributed by atoms with E-state index in [-0.39, 0.29) is 5.91 Å². The number of hydrogen-bond donors (Lipinski definition) is 1. The minimum Gasteiger partial charge on any atom is -0.351 e. The highest BCUT2D eigenvalue weighted by Crippen LogP contribution is 2.27. The smallest absolute Gasteiger partial charge is 0.234 e. The molecule has 144 valence electrons. The van der Waals surface area contributed by atoms with E-state index in [4.69, 9.17) is 0 Å². The fourth-order valence-corrected chi connectivity index (χ4v) is 4.27. The van der Waals surface area contributed by atoms with E-state index in [2.05, 4.69) is 25.0 Å². The topological polar surface area (TPSA) is 63.1 Å². The van der Waals surface area contributed by atoms with Gasteiger partial charge >= 0.3 is 0 Å². The third-order valence-corrected chi connectivity index (χ3v) is 5.71. The van der Waals surface area contributed by atoms with Gasteiger partial charge in [0.15, 0.2) is 0 Å². The first-order valence-corrected chi connectivity index (χ1v) is 10.2. The molecule has 0 spiro atoms. The van der Waals surface area contributed by atoms with Gasteiger partial charge in [0, 0.05) is 32.0 Å². The first-order valence-electron chi connectivity index (χ1n) is 10.2. The molecule has 1 aromatic heterocycles. The number of aryl methyl sites for hydroxylation is 1. The van der Waals surface area contributed by atoms with Crippen LogP contribution in [0.5, 0.6) is 0 Å². The van der Waals surface area contributed by atoms with Gasteiger partial charge in [-0.1, -0.05) is 36.8 Å². The van der Waals surface area contributed by atoms with Crippen LogP contribution >= 0.6 is 0 Å². The summed E-state index contributed by atoms with van der Waals surface area (Å²) in [6.45, 7) is 3.98. The van der Waals surface area contributed by atoms with Crippen LogP contribution in [0.3, 0.4) is 0 Å². The van der Waals surface area contributed by atoms with Crippen LogP contribution in [0.2, 0.25) is 0 Å². The number of nitrogens with one attached hydrogen (secondary N) is 1. The van der Waals surface area contributed by atoms with Gasteiger partial charge < -0.3 is 9.88 Å². The van der Waals surface area contributed by atoms with E-state index in [0.29, 0.717) is 19.0 Å². The number of carbonyl (C=O) groups excluding carboxylic acids is 1. The minimum absolute atomic E-state index is 0.0968. The predicted molar refractivity (Wildman–Crippen MR) is 104 cm³/mol. The number of carbonyl (C=O) groups is 1. The van der Waals surface area contributed by atoms with E-state index in [0.717, 1.165) is 56.1 Å². The van der Waals surface area contributed by atoms with Gasteiger partial charge in [0.25, 0.3) is 0 Å². The number of rotatable bonds is 5. The molecule has 27 heavy (non-hydrogen) atoms. The standard InChI is InChI=1S/C21H29N5O/c27-20(22-14-17-8-3-1-4-9-17)16-25-12-7-10-18(15-25)21-24-23-19-11-5-2-6-13-26(19)21/h1,3-4,8-9,18H,2,5-7,10-16H2,(H,22,27). The second-order valence-corrected chi connectivity index (χ2v) is 7.77. The highest BCUT2D eigenvalue weighted by molar-refractivity contribution is 5.78. The lowest BCUT2D eigenvalue weighted by Gasteiger charge is -2.31. The minimum atomic E-state index is 0.0968. The molecule has 4 rings (SSSR count). The lowest BCUT2D eigenvalue weighted by molar-refractivity contribution is -0.122. The summed E-state index contributed by atoms with van der Waals surface area (Å²) in [7, 11) is 0. The lowest BCUT2D eigenvalue weighted by Crippen LogP contribution is -2.42. The van der Waals surface area contributed by atoms with Gasteiger partial charge in [0.1, 0.15) is 11.6 Å². The van der Waals surface area contributed by atoms with E-state index >= 15 is 0 Å². The second-order valence-electron chi connectivity index (χ2n) is 7.77. The first-order chi connectivity index (χ1) is 13.3. The molecule has 1 aromatic carbocycles. The molecule has 1 atom stereocenters. The molecule has 2 aliphatic heterocycles. The first kappa shape index (κ1) is 18.2. The third kappa shape index (κ3) is 4.56. The van der Waals surface area contributed by atoms with Gasteiger partial charge in [0.05, 0.1) is 6.54 Å². The molecule has 1 N–H and O–H groups in total. The summed E-state index contributed by atoms with van der Waals surface area (Å²) in [6, 6.07) is 10.1. The van der Waals surface area contributed by atoms with Crippen molar-refractivity contribution in [3.63, 3.8) is 0 Å². The monoisotopic (exact) mass is 367 g/mol. The molecule has 1 unspecified atom stereocenters. The Labute approximate surface area is 161 Å². The van der Waals surface area contributed by atoms with Crippen molar-refractivity contribution in [2.24, 2.45) is 0 Å². The molecule has 3 heterocycles. The lowest BCUT2D eigenvalue weighted by atomic mass is 9.97. The van der Waals surface area contributed by atoms with Gasteiger partial charge in [0.2, 0.25) is 5.91 Å². The Morgan fingerprint density at radius 1 is 1.07 bits per heavy atom. The Morgan fingerprint density at radius 2 is 1.96 bits per heavy atom. The largest absolute Gasteiger partial charge is 0.351 e. The van der Waals surface area contributed by atoms with Crippen molar-refractivity contribution < 1.29 is 4.79 Å². The molecule has 1 saturated heterocycles. The van der Waals surface area contributed by atoms with E-state index in [9.17, 15) is 4.79 Å². The number of amides is 1. The maximum absolute atomic E-state index is 12.4. The molecule has 2 aromatic rings. The van der Waals surface area contributed by atoms with Crippen LogP contribution in [0.1, 0.15) is 55.2 Å². The Bertz CT molecular complexity index is 757. The normalized spacial score (nSPS) is 20.7. The summed E-state index contributed by atoms with van der Waals surface area (Å²) in [5, 5.41) is 12.0. The molecule has 6 heteroatoms. The van der Waals surface area contributed by atoms with E-state index < -0.39 is 0 Å². The highest BCUT2D eigenvalue weighted by atomic mass is 16.2. The molecule has 0 saturated carbocycles. The second kappa shape index (κ2) is 8.65. The fourth-order valence-electron chi connectivity index (χ4n) is 4.27. The average Bonchev–Trinajstić information content (AvgIpc) is 2.96. The van der Waals surface area contributed by atoms with Crippen LogP contribution in [0.25, 0.3) is 0 Å². The molecule has 1 amide bonds. The van der Waals surface area contributed by atoms with Crippen molar-refractivity contribution in [2.45, 2.75) is 57.5 Å². The third-order valence-electron chi connectivity index (χ3n) is 5.71. The maximum atomic E-state index is 12.4. The summed E-state index contributed by atoms with van der Waals surface area (Å²) in [5.74, 6) is 2.78. The number of nitrogens with zero attached hydrogens (tertiary/aromatic N) is 4. The van der Waals surface area contributed by atoms with Crippen LogP contribution in [-0.4, -0.2) is 45.2 Å². The zero-order valence-electron chi connectivity index (χ0n) is 15.9. The Balaban J connectivity index is 1.33. The van der Waals surface area contributed by atoms with Crippen molar-refractivity contribution in [2.75, 3.05) is 19.6 Å². The zero-order chi connectivity index (χ0) is 18.5. The van der Waals surface area contributed by atoms with E-state index in [1.807, 2.05) is 30.3 Å². The number of aromatic nitrogens is 3. The van der Waals surface area contributed by atoms with Crippen LogP contribution < -0.4 is 5.32 Å². The molecule has 0 bridgehead atoms. The highest BCUT2D eigenvalue weighted by Gasteiger charge is 2.28. The molecule has 2 aliphatic rings. The van der Waals surface area contributed by atoms with Gasteiger partial charge in [-0.2, -0.15) is 0 Å². The van der Waals surface area contributed by atoms with Crippen LogP contribution in [0.4, 0.5) is 0 Å². The maximum Gasteiger partial charge on any atom is 0.234 e. The van der Waals surface area contributed by atoms with Crippen molar-refractivity contribution in [3.05, 3.63) is 47.5 Å². The van der Waals surface area contributed by atoms with Crippen molar-refractivity contribution in [3.8, 4) is 0 Å². The van der Waals surface area contributed by atoms with E-state index in [1.165, 1.54) is 19.3 Å². The predicted octanol–water partition coefficient (Wildman–Crippen LogP) is 2.50. The number of likely N-dealkylation sites (tertiary alicyclic amines) is 1. The molecular weight excluding hydrogens is 338 g/mol. The Kier molecular flexibility index (Phi) is 5.82. The SMILES string of the molecule is O=C(CN1CCCC(c2nnc3n2CCCCC3)C1)NCc1ccccc1. The molecule has 0 aliphatic carbocycles. The van der Waals surface area contributed by atoms with Crippen molar-refractivity contribution in [1.29, 1.82) is 0 Å². The summed E-state index contributed by atoms with van der Waals surface area (Å²) < 4.78 is 2.36. The van der Waals surface area contributed by atoms with Crippen LogP contribution in [-0.2, 0) is 24.3 Å². The Hall–Kier alpha value is -2.21. The number of hydrogen-bond acceptors (Lipinski definition) is 4. The van der Waals surface area contributed by atoms with Crippen LogP contribution in [0.15, 0.2) is 30.3 Å². The quantitative estimate of drug-likeness (QED) is 0.882. The Morgan fingerprint density at radius 3 is 2.85 bits per heavy atom. The summed E-state index contributed by atoms with van der Waals surface area (Å²) in [5.41, 5.74) is 1.13. The van der Waals surface area contributed by atoms with Gasteiger partial charge in [-0.15, -0.1) is 10.2 Å². The van der Waals surface area contributed by atoms with Gasteiger partial charge in [-0.3, -0.25) is 9.69 Å². The van der Waals surface area contributed by atoms with E-state index in [1.54, 1.807) is 0 Å². The van der Waals surface area contributed by atoms with Crippen LogP contribution in [0, 0.1) is 0 Å². The van der Waals surface area contributed by atoms with Gasteiger partial charge in [-0.25, -0.2) is 0 Å². The summed E-state index contributed by atoms with van der Waals surface area (Å²) in [6.07, 6.45) is 7.01. The van der Waals surface area contributed by atoms with Gasteiger partial charge in [-0.05, 0) is 37.8 Å².